The number of thioether (sulfide) groups is 1. The molecule has 0 radical (unpaired) electrons. The zero-order chi connectivity index (χ0) is 18.0. The van der Waals surface area contributed by atoms with E-state index in [9.17, 15) is 18.4 Å². The highest BCUT2D eigenvalue weighted by molar-refractivity contribution is 7.99. The van der Waals surface area contributed by atoms with E-state index in [1.54, 1.807) is 37.0 Å². The number of benzene rings is 2. The number of anilines is 1. The van der Waals surface area contributed by atoms with Gasteiger partial charge in [-0.05, 0) is 24.3 Å². The van der Waals surface area contributed by atoms with E-state index in [2.05, 4.69) is 5.32 Å². The second kappa shape index (κ2) is 7.23. The van der Waals surface area contributed by atoms with Gasteiger partial charge in [-0.25, -0.2) is 8.78 Å². The van der Waals surface area contributed by atoms with E-state index in [1.165, 1.54) is 11.0 Å². The lowest BCUT2D eigenvalue weighted by molar-refractivity contribution is -0.115. The Morgan fingerprint density at radius 2 is 2.04 bits per heavy atom. The summed E-state index contributed by atoms with van der Waals surface area (Å²) >= 11 is 1.55. The van der Waals surface area contributed by atoms with Crippen molar-refractivity contribution in [1.82, 2.24) is 4.90 Å². The van der Waals surface area contributed by atoms with E-state index < -0.39 is 11.6 Å². The zero-order valence-electron chi connectivity index (χ0n) is 13.5. The molecule has 1 aliphatic rings. The molecular weight excluding hydrogens is 346 g/mol. The summed E-state index contributed by atoms with van der Waals surface area (Å²) in [6.45, 7) is 0.0170. The van der Waals surface area contributed by atoms with Gasteiger partial charge in [0, 0.05) is 47.9 Å². The van der Waals surface area contributed by atoms with Gasteiger partial charge < -0.3 is 10.2 Å². The van der Waals surface area contributed by atoms with Crippen LogP contribution in [0.4, 0.5) is 14.5 Å². The van der Waals surface area contributed by atoms with Gasteiger partial charge in [0.1, 0.15) is 11.6 Å². The smallest absolute Gasteiger partial charge is 0.253 e. The van der Waals surface area contributed by atoms with Crippen molar-refractivity contribution in [2.24, 2.45) is 0 Å². The predicted molar refractivity (Wildman–Crippen MR) is 92.6 cm³/mol. The molecule has 0 aliphatic carbocycles. The van der Waals surface area contributed by atoms with Crippen molar-refractivity contribution in [3.8, 4) is 0 Å². The number of hydrogen-bond donors (Lipinski definition) is 1. The molecule has 0 unspecified atom stereocenters. The molecular formula is C18H16F2N2O2S. The molecule has 2 amide bonds. The first kappa shape index (κ1) is 17.4. The van der Waals surface area contributed by atoms with Gasteiger partial charge in [0.2, 0.25) is 5.91 Å². The van der Waals surface area contributed by atoms with Crippen molar-refractivity contribution in [3.63, 3.8) is 0 Å². The third-order valence-electron chi connectivity index (χ3n) is 3.86. The van der Waals surface area contributed by atoms with Crippen LogP contribution in [0.3, 0.4) is 0 Å². The molecule has 7 heteroatoms. The largest absolute Gasteiger partial charge is 0.337 e. The SMILES string of the molecule is CN(Cc1ccc(F)cc1F)C(=O)c1ccc2c(c1)NC(=O)CCS2. The van der Waals surface area contributed by atoms with Crippen molar-refractivity contribution in [3.05, 3.63) is 59.2 Å². The third-order valence-corrected chi connectivity index (χ3v) is 4.93. The van der Waals surface area contributed by atoms with Gasteiger partial charge in [0.15, 0.2) is 0 Å². The number of hydrogen-bond acceptors (Lipinski definition) is 3. The van der Waals surface area contributed by atoms with E-state index in [4.69, 9.17) is 0 Å². The number of carbonyl (C=O) groups excluding carboxylic acids is 2. The normalized spacial score (nSPS) is 13.6. The topological polar surface area (TPSA) is 49.4 Å². The van der Waals surface area contributed by atoms with E-state index in [0.717, 1.165) is 17.0 Å². The second-order valence-corrected chi connectivity index (χ2v) is 6.89. The minimum Gasteiger partial charge on any atom is -0.337 e. The molecule has 0 saturated heterocycles. The molecule has 25 heavy (non-hydrogen) atoms. The number of fused-ring (bicyclic) bond motifs is 1. The summed E-state index contributed by atoms with van der Waals surface area (Å²) in [6.07, 6.45) is 0.423. The Kier molecular flexibility index (Phi) is 5.03. The predicted octanol–water partition coefficient (Wildman–Crippen LogP) is 3.67. The lowest BCUT2D eigenvalue weighted by atomic mass is 10.1. The number of carbonyl (C=O) groups is 2. The fourth-order valence-electron chi connectivity index (χ4n) is 2.55. The summed E-state index contributed by atoms with van der Waals surface area (Å²) < 4.78 is 26.7. The second-order valence-electron chi connectivity index (χ2n) is 5.75. The van der Waals surface area contributed by atoms with Crippen LogP contribution in [0.1, 0.15) is 22.3 Å². The first-order valence-corrected chi connectivity index (χ1v) is 8.68. The van der Waals surface area contributed by atoms with Crippen LogP contribution in [0.25, 0.3) is 0 Å². The lowest BCUT2D eigenvalue weighted by Crippen LogP contribution is -2.26. The third kappa shape index (κ3) is 3.99. The van der Waals surface area contributed by atoms with Gasteiger partial charge in [-0.2, -0.15) is 0 Å². The van der Waals surface area contributed by atoms with Crippen molar-refractivity contribution >= 4 is 29.3 Å². The Labute approximate surface area is 148 Å². The van der Waals surface area contributed by atoms with Gasteiger partial charge in [0.25, 0.3) is 5.91 Å². The molecule has 1 aliphatic heterocycles. The van der Waals surface area contributed by atoms with Crippen molar-refractivity contribution in [2.45, 2.75) is 17.9 Å². The zero-order valence-corrected chi connectivity index (χ0v) is 14.3. The molecule has 2 aromatic rings. The van der Waals surface area contributed by atoms with E-state index in [0.29, 0.717) is 23.4 Å². The van der Waals surface area contributed by atoms with Crippen LogP contribution < -0.4 is 5.32 Å². The van der Waals surface area contributed by atoms with Crippen LogP contribution in [-0.2, 0) is 11.3 Å². The molecule has 0 fully saturated rings. The molecule has 1 heterocycles. The van der Waals surface area contributed by atoms with Crippen molar-refractivity contribution < 1.29 is 18.4 Å². The molecule has 3 rings (SSSR count). The number of nitrogens with zero attached hydrogens (tertiary/aromatic N) is 1. The highest BCUT2D eigenvalue weighted by Crippen LogP contribution is 2.31. The summed E-state index contributed by atoms with van der Waals surface area (Å²) in [5.41, 5.74) is 1.24. The minimum atomic E-state index is -0.690. The summed E-state index contributed by atoms with van der Waals surface area (Å²) in [5, 5.41) is 2.79. The van der Waals surface area contributed by atoms with Crippen molar-refractivity contribution in [1.29, 1.82) is 0 Å². The molecule has 130 valence electrons. The Morgan fingerprint density at radius 3 is 2.80 bits per heavy atom. The maximum absolute atomic E-state index is 13.8. The molecule has 4 nitrogen and oxygen atoms in total. The Hall–Kier alpha value is -2.41. The highest BCUT2D eigenvalue weighted by Gasteiger charge is 2.18. The number of rotatable bonds is 3. The van der Waals surface area contributed by atoms with Gasteiger partial charge >= 0.3 is 0 Å². The molecule has 2 aromatic carbocycles. The fraction of sp³-hybridized carbons (Fsp3) is 0.222. The van der Waals surface area contributed by atoms with Gasteiger partial charge in [-0.3, -0.25) is 9.59 Å². The first-order valence-electron chi connectivity index (χ1n) is 7.70. The van der Waals surface area contributed by atoms with Crippen LogP contribution >= 0.6 is 11.8 Å². The van der Waals surface area contributed by atoms with Crippen LogP contribution in [-0.4, -0.2) is 29.5 Å². The average molecular weight is 362 g/mol. The molecule has 0 spiro atoms. The van der Waals surface area contributed by atoms with Crippen LogP contribution in [0.2, 0.25) is 0 Å². The van der Waals surface area contributed by atoms with E-state index in [-0.39, 0.29) is 23.9 Å². The quantitative estimate of drug-likeness (QED) is 0.906. The van der Waals surface area contributed by atoms with E-state index in [1.807, 2.05) is 0 Å². The maximum atomic E-state index is 13.8. The number of amides is 2. The summed E-state index contributed by atoms with van der Waals surface area (Å²) in [4.78, 5) is 26.5. The fourth-order valence-corrected chi connectivity index (χ4v) is 3.49. The Morgan fingerprint density at radius 1 is 1.24 bits per heavy atom. The van der Waals surface area contributed by atoms with Gasteiger partial charge in [-0.15, -0.1) is 11.8 Å². The minimum absolute atomic E-state index is 0.0170. The maximum Gasteiger partial charge on any atom is 0.253 e. The molecule has 0 atom stereocenters. The Balaban J connectivity index is 1.79. The van der Waals surface area contributed by atoms with Gasteiger partial charge in [0.05, 0.1) is 5.69 Å². The van der Waals surface area contributed by atoms with E-state index >= 15 is 0 Å². The van der Waals surface area contributed by atoms with Crippen LogP contribution in [0.5, 0.6) is 0 Å². The molecule has 0 aromatic heterocycles. The summed E-state index contributed by atoms with van der Waals surface area (Å²) in [5.74, 6) is -1.05. The van der Waals surface area contributed by atoms with Gasteiger partial charge in [-0.1, -0.05) is 6.07 Å². The summed E-state index contributed by atoms with van der Waals surface area (Å²) in [6, 6.07) is 8.39. The monoisotopic (exact) mass is 362 g/mol. The number of nitrogens with one attached hydrogen (secondary N) is 1. The summed E-state index contributed by atoms with van der Waals surface area (Å²) in [7, 11) is 1.55. The molecule has 0 bridgehead atoms. The standard InChI is InChI=1S/C18H16F2N2O2S/c1-22(10-12-2-4-13(19)9-14(12)20)18(24)11-3-5-16-15(8-11)21-17(23)6-7-25-16/h2-5,8-9H,6-7,10H2,1H3,(H,21,23). The average Bonchev–Trinajstić information content (AvgIpc) is 2.76. The van der Waals surface area contributed by atoms with Crippen LogP contribution in [0, 0.1) is 11.6 Å². The number of halogens is 2. The van der Waals surface area contributed by atoms with Crippen molar-refractivity contribution in [2.75, 3.05) is 18.1 Å². The first-order chi connectivity index (χ1) is 11.9. The highest BCUT2D eigenvalue weighted by atomic mass is 32.2. The van der Waals surface area contributed by atoms with Crippen LogP contribution in [0.15, 0.2) is 41.3 Å². The lowest BCUT2D eigenvalue weighted by Gasteiger charge is -2.18. The molecule has 0 saturated carbocycles. The Bertz CT molecular complexity index is 842. The molecule has 1 N–H and O–H groups in total.